The van der Waals surface area contributed by atoms with E-state index in [1.54, 1.807) is 6.07 Å². The van der Waals surface area contributed by atoms with Crippen molar-refractivity contribution in [2.24, 2.45) is 0 Å². The molecule has 4 rings (SSSR count). The highest BCUT2D eigenvalue weighted by molar-refractivity contribution is 7.16. The molecule has 0 aliphatic carbocycles. The lowest BCUT2D eigenvalue weighted by molar-refractivity contribution is 0.276. The summed E-state index contributed by atoms with van der Waals surface area (Å²) in [5, 5.41) is 5.25. The topological polar surface area (TPSA) is 50.5 Å². The van der Waals surface area contributed by atoms with Gasteiger partial charge in [0.1, 0.15) is 5.01 Å². The Bertz CT molecular complexity index is 903. The molecule has 124 valence electrons. The van der Waals surface area contributed by atoms with Crippen LogP contribution in [-0.2, 0) is 25.8 Å². The van der Waals surface area contributed by atoms with Crippen molar-refractivity contribution in [1.29, 1.82) is 0 Å². The molecule has 0 saturated carbocycles. The van der Waals surface area contributed by atoms with Gasteiger partial charge in [0, 0.05) is 25.7 Å². The van der Waals surface area contributed by atoms with Crippen LogP contribution in [0.3, 0.4) is 0 Å². The Balaban J connectivity index is 1.55. The first-order valence-electron chi connectivity index (χ1n) is 8.41. The van der Waals surface area contributed by atoms with Crippen molar-refractivity contribution in [2.45, 2.75) is 32.7 Å². The van der Waals surface area contributed by atoms with Gasteiger partial charge in [0.25, 0.3) is 5.56 Å². The maximum absolute atomic E-state index is 12.3. The number of benzene rings is 1. The SMILES string of the molecule is CCc1nn2c(=O)cc(CN3CCc4ccccc4CC3)nc2s1. The third-order valence-corrected chi connectivity index (χ3v) is 5.59. The van der Waals surface area contributed by atoms with E-state index in [0.29, 0.717) is 4.96 Å². The predicted molar refractivity (Wildman–Crippen MR) is 95.6 cm³/mol. The molecular formula is C18H20N4OS. The Morgan fingerprint density at radius 1 is 1.17 bits per heavy atom. The van der Waals surface area contributed by atoms with E-state index in [0.717, 1.165) is 49.6 Å². The Morgan fingerprint density at radius 3 is 2.54 bits per heavy atom. The van der Waals surface area contributed by atoms with E-state index in [1.807, 2.05) is 6.92 Å². The summed E-state index contributed by atoms with van der Waals surface area (Å²) in [6.45, 7) is 4.76. The molecular weight excluding hydrogens is 320 g/mol. The molecule has 5 nitrogen and oxygen atoms in total. The lowest BCUT2D eigenvalue weighted by Crippen LogP contribution is -2.27. The first-order chi connectivity index (χ1) is 11.7. The zero-order valence-corrected chi connectivity index (χ0v) is 14.6. The van der Waals surface area contributed by atoms with E-state index in [4.69, 9.17) is 0 Å². The van der Waals surface area contributed by atoms with Gasteiger partial charge in [-0.1, -0.05) is 42.5 Å². The minimum Gasteiger partial charge on any atom is -0.297 e. The smallest absolute Gasteiger partial charge is 0.275 e. The fourth-order valence-electron chi connectivity index (χ4n) is 3.22. The number of aryl methyl sites for hydroxylation is 1. The van der Waals surface area contributed by atoms with E-state index >= 15 is 0 Å². The normalized spacial score (nSPS) is 15.4. The second-order valence-electron chi connectivity index (χ2n) is 6.17. The van der Waals surface area contributed by atoms with Crippen molar-refractivity contribution in [1.82, 2.24) is 19.5 Å². The van der Waals surface area contributed by atoms with E-state index in [-0.39, 0.29) is 5.56 Å². The molecule has 6 heteroatoms. The fourth-order valence-corrected chi connectivity index (χ4v) is 4.08. The van der Waals surface area contributed by atoms with Crippen molar-refractivity contribution in [3.05, 3.63) is 62.5 Å². The van der Waals surface area contributed by atoms with E-state index in [1.165, 1.54) is 27.0 Å². The van der Waals surface area contributed by atoms with Gasteiger partial charge in [-0.15, -0.1) is 0 Å². The zero-order valence-electron chi connectivity index (χ0n) is 13.7. The highest BCUT2D eigenvalue weighted by Crippen LogP contribution is 2.17. The summed E-state index contributed by atoms with van der Waals surface area (Å²) in [4.78, 5) is 20.0. The summed E-state index contributed by atoms with van der Waals surface area (Å²) in [5.74, 6) is 0. The van der Waals surface area contributed by atoms with Crippen molar-refractivity contribution in [2.75, 3.05) is 13.1 Å². The molecule has 2 aromatic heterocycles. The second kappa shape index (κ2) is 6.45. The van der Waals surface area contributed by atoms with Crippen LogP contribution in [-0.4, -0.2) is 32.6 Å². The monoisotopic (exact) mass is 340 g/mol. The minimum atomic E-state index is -0.0796. The van der Waals surface area contributed by atoms with Crippen molar-refractivity contribution < 1.29 is 0 Å². The van der Waals surface area contributed by atoms with Gasteiger partial charge in [-0.2, -0.15) is 9.61 Å². The quantitative estimate of drug-likeness (QED) is 0.734. The van der Waals surface area contributed by atoms with Crippen LogP contribution in [0.4, 0.5) is 0 Å². The zero-order chi connectivity index (χ0) is 16.5. The number of aromatic nitrogens is 3. The summed E-state index contributed by atoms with van der Waals surface area (Å²) in [7, 11) is 0. The summed E-state index contributed by atoms with van der Waals surface area (Å²) in [5.41, 5.74) is 3.65. The second-order valence-corrected chi connectivity index (χ2v) is 7.21. The lowest BCUT2D eigenvalue weighted by Gasteiger charge is -2.18. The van der Waals surface area contributed by atoms with Crippen LogP contribution >= 0.6 is 11.3 Å². The number of nitrogens with zero attached hydrogens (tertiary/aromatic N) is 4. The van der Waals surface area contributed by atoms with Gasteiger partial charge in [0.15, 0.2) is 0 Å². The van der Waals surface area contributed by atoms with Gasteiger partial charge >= 0.3 is 0 Å². The van der Waals surface area contributed by atoms with Crippen molar-refractivity contribution in [3.63, 3.8) is 0 Å². The molecule has 0 spiro atoms. The van der Waals surface area contributed by atoms with Crippen LogP contribution in [0.5, 0.6) is 0 Å². The summed E-state index contributed by atoms with van der Waals surface area (Å²) < 4.78 is 1.42. The molecule has 0 N–H and O–H groups in total. The number of fused-ring (bicyclic) bond motifs is 2. The van der Waals surface area contributed by atoms with Crippen LogP contribution in [0.25, 0.3) is 4.96 Å². The number of rotatable bonds is 3. The molecule has 0 amide bonds. The fraction of sp³-hybridized carbons (Fsp3) is 0.389. The molecule has 0 fully saturated rings. The predicted octanol–water partition coefficient (Wildman–Crippen LogP) is 2.31. The average Bonchev–Trinajstić information content (AvgIpc) is 2.91. The summed E-state index contributed by atoms with van der Waals surface area (Å²) in [6.07, 6.45) is 2.93. The average molecular weight is 340 g/mol. The molecule has 24 heavy (non-hydrogen) atoms. The van der Waals surface area contributed by atoms with Gasteiger partial charge in [0.2, 0.25) is 4.96 Å². The third-order valence-electron chi connectivity index (χ3n) is 4.54. The lowest BCUT2D eigenvalue weighted by atomic mass is 10.0. The maximum atomic E-state index is 12.3. The van der Waals surface area contributed by atoms with Gasteiger partial charge in [-0.05, 0) is 30.4 Å². The Hall–Kier alpha value is -2.05. The Morgan fingerprint density at radius 2 is 1.88 bits per heavy atom. The van der Waals surface area contributed by atoms with Gasteiger partial charge in [0.05, 0.1) is 5.69 Å². The first kappa shape index (κ1) is 15.5. The molecule has 1 aromatic carbocycles. The maximum Gasteiger partial charge on any atom is 0.275 e. The Labute approximate surface area is 144 Å². The van der Waals surface area contributed by atoms with Gasteiger partial charge in [-0.3, -0.25) is 9.69 Å². The molecule has 1 aliphatic rings. The van der Waals surface area contributed by atoms with Gasteiger partial charge in [-0.25, -0.2) is 4.98 Å². The van der Waals surface area contributed by atoms with Crippen LogP contribution in [0.1, 0.15) is 28.8 Å². The first-order valence-corrected chi connectivity index (χ1v) is 9.22. The van der Waals surface area contributed by atoms with Crippen LogP contribution in [0.2, 0.25) is 0 Å². The molecule has 0 saturated heterocycles. The Kier molecular flexibility index (Phi) is 4.16. The third kappa shape index (κ3) is 2.99. The van der Waals surface area contributed by atoms with E-state index in [9.17, 15) is 4.79 Å². The largest absolute Gasteiger partial charge is 0.297 e. The van der Waals surface area contributed by atoms with E-state index < -0.39 is 0 Å². The highest BCUT2D eigenvalue weighted by atomic mass is 32.1. The number of hydrogen-bond donors (Lipinski definition) is 0. The van der Waals surface area contributed by atoms with Crippen LogP contribution in [0.15, 0.2) is 35.1 Å². The molecule has 0 atom stereocenters. The van der Waals surface area contributed by atoms with Crippen molar-refractivity contribution in [3.8, 4) is 0 Å². The molecule has 0 radical (unpaired) electrons. The van der Waals surface area contributed by atoms with Gasteiger partial charge < -0.3 is 0 Å². The minimum absolute atomic E-state index is 0.0796. The molecule has 1 aliphatic heterocycles. The standard InChI is InChI=1S/C18H20N4OS/c1-2-16-20-22-17(23)11-15(19-18(22)24-16)12-21-9-7-13-5-3-4-6-14(13)8-10-21/h3-6,11H,2,7-10,12H2,1H3. The molecule has 3 aromatic rings. The van der Waals surface area contributed by atoms with Crippen LogP contribution in [0, 0.1) is 0 Å². The number of hydrogen-bond acceptors (Lipinski definition) is 5. The molecule has 3 heterocycles. The molecule has 0 unspecified atom stereocenters. The highest BCUT2D eigenvalue weighted by Gasteiger charge is 2.15. The molecule has 0 bridgehead atoms. The summed E-state index contributed by atoms with van der Waals surface area (Å²) >= 11 is 1.50. The van der Waals surface area contributed by atoms with E-state index in [2.05, 4.69) is 39.2 Å². The van der Waals surface area contributed by atoms with Crippen molar-refractivity contribution >= 4 is 16.3 Å². The van der Waals surface area contributed by atoms with Crippen LogP contribution < -0.4 is 5.56 Å². The summed E-state index contributed by atoms with van der Waals surface area (Å²) in [6, 6.07) is 10.3.